The van der Waals surface area contributed by atoms with Crippen molar-refractivity contribution in [1.29, 1.82) is 0 Å². The van der Waals surface area contributed by atoms with Crippen LogP contribution in [0.3, 0.4) is 0 Å². The summed E-state index contributed by atoms with van der Waals surface area (Å²) in [7, 11) is -3.87. The highest BCUT2D eigenvalue weighted by molar-refractivity contribution is 9.10. The molecule has 7 heteroatoms. The van der Waals surface area contributed by atoms with Crippen molar-refractivity contribution in [3.8, 4) is 0 Å². The molecule has 1 amide bonds. The third-order valence-electron chi connectivity index (χ3n) is 4.59. The second kappa shape index (κ2) is 9.55. The molecule has 0 aromatic heterocycles. The lowest BCUT2D eigenvalue weighted by Crippen LogP contribution is -2.37. The smallest absolute Gasteiger partial charge is 0.243 e. The number of amides is 1. The number of anilines is 1. The predicted molar refractivity (Wildman–Crippen MR) is 123 cm³/mol. The SMILES string of the molecule is Cc1ccc(CN(CC(=O)Nc2ccc(C)cc2)S(=O)(=O)c2ccc(Br)cc2)cc1. The zero-order valence-electron chi connectivity index (χ0n) is 16.8. The number of benzene rings is 3. The fourth-order valence-corrected chi connectivity index (χ4v) is 4.52. The van der Waals surface area contributed by atoms with Gasteiger partial charge in [0.2, 0.25) is 15.9 Å². The van der Waals surface area contributed by atoms with Crippen LogP contribution < -0.4 is 5.32 Å². The number of hydrogen-bond acceptors (Lipinski definition) is 3. The first-order valence-corrected chi connectivity index (χ1v) is 11.6. The van der Waals surface area contributed by atoms with Gasteiger partial charge >= 0.3 is 0 Å². The third kappa shape index (κ3) is 5.78. The van der Waals surface area contributed by atoms with Gasteiger partial charge in [0.25, 0.3) is 0 Å². The minimum absolute atomic E-state index is 0.0972. The largest absolute Gasteiger partial charge is 0.325 e. The Bertz CT molecular complexity index is 1110. The first kappa shape index (κ1) is 22.2. The molecule has 0 heterocycles. The van der Waals surface area contributed by atoms with Crippen molar-refractivity contribution in [2.45, 2.75) is 25.3 Å². The average Bonchev–Trinajstić information content (AvgIpc) is 2.71. The van der Waals surface area contributed by atoms with Crippen molar-refractivity contribution in [3.63, 3.8) is 0 Å². The standard InChI is InChI=1S/C23H23BrN2O3S/c1-17-3-7-19(8-4-17)15-26(30(28,29)22-13-9-20(24)10-14-22)16-23(27)25-21-11-5-18(2)6-12-21/h3-14H,15-16H2,1-2H3,(H,25,27). The van der Waals surface area contributed by atoms with E-state index in [1.165, 1.54) is 16.4 Å². The zero-order chi connectivity index (χ0) is 21.7. The lowest BCUT2D eigenvalue weighted by Gasteiger charge is -2.22. The summed E-state index contributed by atoms with van der Waals surface area (Å²) in [5.41, 5.74) is 3.59. The number of sulfonamides is 1. The van der Waals surface area contributed by atoms with E-state index in [1.807, 2.05) is 50.2 Å². The van der Waals surface area contributed by atoms with Crippen LogP contribution in [0.5, 0.6) is 0 Å². The van der Waals surface area contributed by atoms with Gasteiger partial charge in [-0.05, 0) is 55.8 Å². The van der Waals surface area contributed by atoms with E-state index in [1.54, 1.807) is 24.3 Å². The van der Waals surface area contributed by atoms with Gasteiger partial charge in [0.1, 0.15) is 0 Å². The van der Waals surface area contributed by atoms with Crippen LogP contribution >= 0.6 is 15.9 Å². The minimum Gasteiger partial charge on any atom is -0.325 e. The van der Waals surface area contributed by atoms with E-state index in [4.69, 9.17) is 0 Å². The second-order valence-electron chi connectivity index (χ2n) is 7.13. The van der Waals surface area contributed by atoms with Crippen molar-refractivity contribution < 1.29 is 13.2 Å². The molecule has 0 bridgehead atoms. The predicted octanol–water partition coefficient (Wildman–Crippen LogP) is 4.90. The Hall–Kier alpha value is -2.48. The Morgan fingerprint density at radius 3 is 1.97 bits per heavy atom. The van der Waals surface area contributed by atoms with E-state index in [2.05, 4.69) is 21.2 Å². The van der Waals surface area contributed by atoms with Crippen LogP contribution in [-0.2, 0) is 21.4 Å². The van der Waals surface area contributed by atoms with Crippen molar-refractivity contribution in [3.05, 3.63) is 94.0 Å². The molecule has 3 aromatic carbocycles. The van der Waals surface area contributed by atoms with E-state index < -0.39 is 15.9 Å². The quantitative estimate of drug-likeness (QED) is 0.516. The molecule has 0 unspecified atom stereocenters. The number of hydrogen-bond donors (Lipinski definition) is 1. The van der Waals surface area contributed by atoms with E-state index in [9.17, 15) is 13.2 Å². The fraction of sp³-hybridized carbons (Fsp3) is 0.174. The molecule has 0 saturated heterocycles. The van der Waals surface area contributed by atoms with Crippen molar-refractivity contribution >= 4 is 37.5 Å². The van der Waals surface area contributed by atoms with Crippen LogP contribution in [0.15, 0.2) is 82.2 Å². The van der Waals surface area contributed by atoms with Gasteiger partial charge in [0.15, 0.2) is 0 Å². The van der Waals surface area contributed by atoms with Gasteiger partial charge in [-0.15, -0.1) is 0 Å². The highest BCUT2D eigenvalue weighted by Gasteiger charge is 2.27. The molecule has 30 heavy (non-hydrogen) atoms. The van der Waals surface area contributed by atoms with Crippen LogP contribution in [0, 0.1) is 13.8 Å². The monoisotopic (exact) mass is 486 g/mol. The minimum atomic E-state index is -3.87. The lowest BCUT2D eigenvalue weighted by molar-refractivity contribution is -0.116. The van der Waals surface area contributed by atoms with Gasteiger partial charge in [0, 0.05) is 16.7 Å². The molecule has 3 rings (SSSR count). The summed E-state index contributed by atoms with van der Waals surface area (Å²) in [4.78, 5) is 12.8. The van der Waals surface area contributed by atoms with E-state index in [0.717, 1.165) is 21.2 Å². The van der Waals surface area contributed by atoms with Gasteiger partial charge in [-0.3, -0.25) is 4.79 Å². The Labute approximate surface area is 185 Å². The molecule has 3 aromatic rings. The third-order valence-corrected chi connectivity index (χ3v) is 6.92. The molecule has 1 N–H and O–H groups in total. The number of carbonyl (C=O) groups is 1. The summed E-state index contributed by atoms with van der Waals surface area (Å²) >= 11 is 3.32. The molecule has 0 fully saturated rings. The summed E-state index contributed by atoms with van der Waals surface area (Å²) in [5, 5.41) is 2.77. The molecular weight excluding hydrogens is 464 g/mol. The number of nitrogens with zero attached hydrogens (tertiary/aromatic N) is 1. The van der Waals surface area contributed by atoms with Gasteiger partial charge < -0.3 is 5.32 Å². The normalized spacial score (nSPS) is 11.5. The molecule has 5 nitrogen and oxygen atoms in total. The van der Waals surface area contributed by atoms with Crippen LogP contribution in [-0.4, -0.2) is 25.2 Å². The molecule has 0 aliphatic rings. The number of carbonyl (C=O) groups excluding carboxylic acids is 1. The summed E-state index contributed by atoms with van der Waals surface area (Å²) in [6.45, 7) is 3.73. The molecule has 156 valence electrons. The highest BCUT2D eigenvalue weighted by Crippen LogP contribution is 2.21. The Balaban J connectivity index is 1.86. The van der Waals surface area contributed by atoms with Gasteiger partial charge in [0.05, 0.1) is 11.4 Å². The summed E-state index contributed by atoms with van der Waals surface area (Å²) in [6.07, 6.45) is 0. The summed E-state index contributed by atoms with van der Waals surface area (Å²) in [6, 6.07) is 21.3. The Kier molecular flexibility index (Phi) is 7.07. The first-order chi connectivity index (χ1) is 14.2. The first-order valence-electron chi connectivity index (χ1n) is 9.42. The second-order valence-corrected chi connectivity index (χ2v) is 9.98. The summed E-state index contributed by atoms with van der Waals surface area (Å²) < 4.78 is 28.5. The molecule has 0 aliphatic carbocycles. The summed E-state index contributed by atoms with van der Waals surface area (Å²) in [5.74, 6) is -0.397. The topological polar surface area (TPSA) is 66.5 Å². The van der Waals surface area contributed by atoms with Crippen LogP contribution in [0.4, 0.5) is 5.69 Å². The van der Waals surface area contributed by atoms with Gasteiger partial charge in [-0.25, -0.2) is 8.42 Å². The lowest BCUT2D eigenvalue weighted by atomic mass is 10.1. The van der Waals surface area contributed by atoms with E-state index >= 15 is 0 Å². The van der Waals surface area contributed by atoms with Gasteiger partial charge in [-0.2, -0.15) is 4.31 Å². The van der Waals surface area contributed by atoms with Crippen molar-refractivity contribution in [2.75, 3.05) is 11.9 Å². The number of nitrogens with one attached hydrogen (secondary N) is 1. The number of aryl methyl sites for hydroxylation is 2. The Morgan fingerprint density at radius 1 is 0.867 bits per heavy atom. The van der Waals surface area contributed by atoms with Crippen LogP contribution in [0.1, 0.15) is 16.7 Å². The van der Waals surface area contributed by atoms with Crippen LogP contribution in [0.25, 0.3) is 0 Å². The van der Waals surface area contributed by atoms with E-state index in [0.29, 0.717) is 5.69 Å². The molecule has 0 radical (unpaired) electrons. The number of rotatable bonds is 7. The maximum Gasteiger partial charge on any atom is 0.243 e. The molecule has 0 spiro atoms. The van der Waals surface area contributed by atoms with Gasteiger partial charge in [-0.1, -0.05) is 63.5 Å². The molecular formula is C23H23BrN2O3S. The fourth-order valence-electron chi connectivity index (χ4n) is 2.88. The Morgan fingerprint density at radius 2 is 1.40 bits per heavy atom. The van der Waals surface area contributed by atoms with Crippen LogP contribution in [0.2, 0.25) is 0 Å². The van der Waals surface area contributed by atoms with Crippen molar-refractivity contribution in [2.24, 2.45) is 0 Å². The van der Waals surface area contributed by atoms with Crippen molar-refractivity contribution in [1.82, 2.24) is 4.31 Å². The molecule has 0 atom stereocenters. The molecule has 0 aliphatic heterocycles. The maximum atomic E-state index is 13.3. The van der Waals surface area contributed by atoms with E-state index in [-0.39, 0.29) is 18.0 Å². The molecule has 0 saturated carbocycles. The highest BCUT2D eigenvalue weighted by atomic mass is 79.9. The number of halogens is 1. The average molecular weight is 487 g/mol. The zero-order valence-corrected chi connectivity index (χ0v) is 19.2. The maximum absolute atomic E-state index is 13.3.